The summed E-state index contributed by atoms with van der Waals surface area (Å²) in [6, 6.07) is 4.18. The molecule has 2 aliphatic rings. The Hall–Kier alpha value is -1.86. The van der Waals surface area contributed by atoms with Gasteiger partial charge < -0.3 is 10.4 Å². The lowest BCUT2D eigenvalue weighted by Crippen LogP contribution is -2.22. The molecule has 3 nitrogen and oxygen atoms in total. The predicted octanol–water partition coefficient (Wildman–Crippen LogP) is 2.54. The lowest BCUT2D eigenvalue weighted by atomic mass is 10.0. The molecule has 2 atom stereocenters. The SMILES string of the molecule is O=C(Nc1ccc(F)cc1C#CCCO)C1CC2CC2C1. The third-order valence-corrected chi connectivity index (χ3v) is 4.31. The maximum absolute atomic E-state index is 13.3. The molecule has 0 radical (unpaired) electrons. The van der Waals surface area contributed by atoms with Gasteiger partial charge in [0.1, 0.15) is 5.82 Å². The van der Waals surface area contributed by atoms with E-state index in [9.17, 15) is 9.18 Å². The zero-order valence-electron chi connectivity index (χ0n) is 11.7. The molecule has 3 rings (SSSR count). The van der Waals surface area contributed by atoms with Crippen LogP contribution in [0.2, 0.25) is 0 Å². The Morgan fingerprint density at radius 1 is 1.33 bits per heavy atom. The number of hydrogen-bond donors (Lipinski definition) is 2. The van der Waals surface area contributed by atoms with E-state index in [2.05, 4.69) is 17.2 Å². The standard InChI is InChI=1S/C17H18FNO2/c18-15-4-5-16(11(10-15)3-1-2-6-20)19-17(21)14-8-12-7-13(12)9-14/h4-5,10,12-14,20H,2,6-9H2,(H,19,21). The molecule has 21 heavy (non-hydrogen) atoms. The van der Waals surface area contributed by atoms with Crippen LogP contribution in [0.5, 0.6) is 0 Å². The summed E-state index contributed by atoms with van der Waals surface area (Å²) in [4.78, 5) is 12.3. The molecule has 4 heteroatoms. The molecule has 0 spiro atoms. The van der Waals surface area contributed by atoms with Crippen molar-refractivity contribution in [1.82, 2.24) is 0 Å². The van der Waals surface area contributed by atoms with E-state index in [1.807, 2.05) is 0 Å². The van der Waals surface area contributed by atoms with Crippen LogP contribution in [0.1, 0.15) is 31.2 Å². The fourth-order valence-electron chi connectivity index (χ4n) is 3.11. The average molecular weight is 287 g/mol. The molecule has 2 fully saturated rings. The van der Waals surface area contributed by atoms with Gasteiger partial charge in [0, 0.05) is 12.3 Å². The predicted molar refractivity (Wildman–Crippen MR) is 77.9 cm³/mol. The lowest BCUT2D eigenvalue weighted by Gasteiger charge is -2.13. The number of amides is 1. The van der Waals surface area contributed by atoms with Crippen LogP contribution in [0.25, 0.3) is 0 Å². The number of carbonyl (C=O) groups excluding carboxylic acids is 1. The summed E-state index contributed by atoms with van der Waals surface area (Å²) in [7, 11) is 0. The van der Waals surface area contributed by atoms with Crippen molar-refractivity contribution >= 4 is 11.6 Å². The molecule has 0 aliphatic heterocycles. The first-order valence-corrected chi connectivity index (χ1v) is 7.37. The number of nitrogens with one attached hydrogen (secondary N) is 1. The Bertz CT molecular complexity index is 607. The first-order chi connectivity index (χ1) is 10.2. The maximum atomic E-state index is 13.3. The van der Waals surface area contributed by atoms with Crippen LogP contribution in [-0.2, 0) is 4.79 Å². The second-order valence-corrected chi connectivity index (χ2v) is 5.88. The molecule has 0 aromatic heterocycles. The highest BCUT2D eigenvalue weighted by atomic mass is 19.1. The van der Waals surface area contributed by atoms with Crippen molar-refractivity contribution in [2.75, 3.05) is 11.9 Å². The van der Waals surface area contributed by atoms with Crippen molar-refractivity contribution < 1.29 is 14.3 Å². The molecule has 110 valence electrons. The van der Waals surface area contributed by atoms with Crippen LogP contribution in [-0.4, -0.2) is 17.6 Å². The van der Waals surface area contributed by atoms with Gasteiger partial charge in [-0.05, 0) is 49.3 Å². The van der Waals surface area contributed by atoms with Crippen molar-refractivity contribution in [2.45, 2.75) is 25.7 Å². The van der Waals surface area contributed by atoms with Crippen LogP contribution in [0, 0.1) is 35.4 Å². The summed E-state index contributed by atoms with van der Waals surface area (Å²) in [5, 5.41) is 11.6. The van der Waals surface area contributed by atoms with Gasteiger partial charge in [0.15, 0.2) is 0 Å². The van der Waals surface area contributed by atoms with Crippen LogP contribution in [0.3, 0.4) is 0 Å². The van der Waals surface area contributed by atoms with Crippen LogP contribution in [0.4, 0.5) is 10.1 Å². The van der Waals surface area contributed by atoms with Crippen molar-refractivity contribution in [3.8, 4) is 11.8 Å². The van der Waals surface area contributed by atoms with Crippen molar-refractivity contribution in [3.05, 3.63) is 29.6 Å². The van der Waals surface area contributed by atoms with E-state index < -0.39 is 0 Å². The second-order valence-electron chi connectivity index (χ2n) is 5.88. The summed E-state index contributed by atoms with van der Waals surface area (Å²) in [6.07, 6.45) is 3.56. The Balaban J connectivity index is 1.72. The molecule has 2 saturated carbocycles. The largest absolute Gasteiger partial charge is 0.395 e. The highest BCUT2D eigenvalue weighted by Crippen LogP contribution is 2.54. The van der Waals surface area contributed by atoms with Gasteiger partial charge in [-0.1, -0.05) is 11.8 Å². The van der Waals surface area contributed by atoms with Gasteiger partial charge in [-0.2, -0.15) is 0 Å². The van der Waals surface area contributed by atoms with E-state index >= 15 is 0 Å². The lowest BCUT2D eigenvalue weighted by molar-refractivity contribution is -0.120. The fraction of sp³-hybridized carbons (Fsp3) is 0.471. The van der Waals surface area contributed by atoms with Gasteiger partial charge >= 0.3 is 0 Å². The van der Waals surface area contributed by atoms with E-state index in [1.165, 1.54) is 18.6 Å². The Kier molecular flexibility index (Phi) is 3.94. The fourth-order valence-corrected chi connectivity index (χ4v) is 3.11. The molecule has 2 N–H and O–H groups in total. The summed E-state index contributed by atoms with van der Waals surface area (Å²) < 4.78 is 13.3. The van der Waals surface area contributed by atoms with Crippen molar-refractivity contribution in [1.29, 1.82) is 0 Å². The molecule has 1 amide bonds. The van der Waals surface area contributed by atoms with E-state index in [0.29, 0.717) is 17.7 Å². The minimum atomic E-state index is -0.386. The highest BCUT2D eigenvalue weighted by Gasteiger charge is 2.48. The minimum Gasteiger partial charge on any atom is -0.395 e. The number of carbonyl (C=O) groups is 1. The van der Waals surface area contributed by atoms with Gasteiger partial charge in [0.25, 0.3) is 0 Å². The summed E-state index contributed by atoms with van der Waals surface area (Å²) in [5.74, 6) is 6.77. The van der Waals surface area contributed by atoms with E-state index in [0.717, 1.165) is 24.7 Å². The number of benzene rings is 1. The van der Waals surface area contributed by atoms with Gasteiger partial charge in [0.05, 0.1) is 17.9 Å². The number of anilines is 1. The smallest absolute Gasteiger partial charge is 0.227 e. The minimum absolute atomic E-state index is 0.0130. The number of rotatable bonds is 3. The topological polar surface area (TPSA) is 49.3 Å². The van der Waals surface area contributed by atoms with Crippen LogP contribution < -0.4 is 5.32 Å². The van der Waals surface area contributed by atoms with Crippen molar-refractivity contribution in [3.63, 3.8) is 0 Å². The van der Waals surface area contributed by atoms with Gasteiger partial charge in [0.2, 0.25) is 5.91 Å². The summed E-state index contributed by atoms with van der Waals surface area (Å²) in [6.45, 7) is -0.0329. The first kappa shape index (κ1) is 14.1. The van der Waals surface area contributed by atoms with Crippen LogP contribution >= 0.6 is 0 Å². The van der Waals surface area contributed by atoms with Gasteiger partial charge in [-0.3, -0.25) is 4.79 Å². The highest BCUT2D eigenvalue weighted by molar-refractivity contribution is 5.94. The second kappa shape index (κ2) is 5.87. The summed E-state index contributed by atoms with van der Waals surface area (Å²) >= 11 is 0. The first-order valence-electron chi connectivity index (χ1n) is 7.37. The third-order valence-electron chi connectivity index (χ3n) is 4.31. The zero-order chi connectivity index (χ0) is 14.8. The molecule has 1 aromatic carbocycles. The van der Waals surface area contributed by atoms with E-state index in [4.69, 9.17) is 5.11 Å². The number of halogens is 1. The Labute approximate surface area is 123 Å². The Morgan fingerprint density at radius 3 is 2.81 bits per heavy atom. The molecule has 2 aliphatic carbocycles. The van der Waals surface area contributed by atoms with Gasteiger partial charge in [-0.15, -0.1) is 0 Å². The number of fused-ring (bicyclic) bond motifs is 1. The molecular weight excluding hydrogens is 269 g/mol. The van der Waals surface area contributed by atoms with Crippen LogP contribution in [0.15, 0.2) is 18.2 Å². The number of hydrogen-bond acceptors (Lipinski definition) is 2. The Morgan fingerprint density at radius 2 is 2.10 bits per heavy atom. The van der Waals surface area contributed by atoms with E-state index in [1.54, 1.807) is 6.07 Å². The zero-order valence-corrected chi connectivity index (χ0v) is 11.7. The molecule has 0 bridgehead atoms. The van der Waals surface area contributed by atoms with E-state index in [-0.39, 0.29) is 24.2 Å². The number of aliphatic hydroxyl groups is 1. The van der Waals surface area contributed by atoms with Crippen molar-refractivity contribution in [2.24, 2.45) is 17.8 Å². The molecule has 0 heterocycles. The van der Waals surface area contributed by atoms with Gasteiger partial charge in [-0.25, -0.2) is 4.39 Å². The quantitative estimate of drug-likeness (QED) is 0.839. The maximum Gasteiger partial charge on any atom is 0.227 e. The molecule has 0 saturated heterocycles. The monoisotopic (exact) mass is 287 g/mol. The molecular formula is C17H18FNO2. The average Bonchev–Trinajstić information content (AvgIpc) is 3.08. The summed E-state index contributed by atoms with van der Waals surface area (Å²) in [5.41, 5.74) is 1.01. The molecule has 1 aromatic rings. The number of aliphatic hydroxyl groups excluding tert-OH is 1. The third kappa shape index (κ3) is 3.25. The normalized spacial score (nSPS) is 25.7. The molecule has 2 unspecified atom stereocenters.